The molecule has 0 fully saturated rings. The van der Waals surface area contributed by atoms with Gasteiger partial charge in [-0.2, -0.15) is 0 Å². The van der Waals surface area contributed by atoms with Gasteiger partial charge in [0.05, 0.1) is 22.5 Å². The summed E-state index contributed by atoms with van der Waals surface area (Å²) < 4.78 is 7.11. The average molecular weight is 740 g/mol. The smallest absolute Gasteiger partial charge is 0.428 e. The lowest BCUT2D eigenvalue weighted by Crippen LogP contribution is -2.38. The van der Waals surface area contributed by atoms with E-state index in [9.17, 15) is 24.3 Å². The molecule has 0 saturated carbocycles. The van der Waals surface area contributed by atoms with Gasteiger partial charge in [0.1, 0.15) is 29.3 Å². The number of carboxylic acid groups (broad SMARTS) is 1. The fourth-order valence-electron chi connectivity index (χ4n) is 4.97. The average Bonchev–Trinajstić information content (AvgIpc) is 3.50. The van der Waals surface area contributed by atoms with E-state index in [2.05, 4.69) is 52.5 Å². The Morgan fingerprint density at radius 3 is 2.22 bits per heavy atom. The van der Waals surface area contributed by atoms with Crippen LogP contribution in [0.25, 0.3) is 17.2 Å². The molecular weight excluding hydrogens is 694 g/mol. The first-order chi connectivity index (χ1) is 25.2. The summed E-state index contributed by atoms with van der Waals surface area (Å²) in [5.74, 6) is 5.84. The highest BCUT2D eigenvalue weighted by Gasteiger charge is 2.25. The van der Waals surface area contributed by atoms with E-state index in [1.807, 2.05) is 27.7 Å². The Kier molecular flexibility index (Phi) is 12.3. The maximum atomic E-state index is 13.2. The van der Waals surface area contributed by atoms with Gasteiger partial charge in [0.25, 0.3) is 0 Å². The van der Waals surface area contributed by atoms with Crippen molar-refractivity contribution < 1.29 is 29.0 Å². The quantitative estimate of drug-likeness (QED) is 0.107. The fraction of sp³-hybridized carbons (Fsp3) is 0.405. The van der Waals surface area contributed by atoms with Crippen LogP contribution in [-0.4, -0.2) is 99.1 Å². The lowest BCUT2D eigenvalue weighted by Gasteiger charge is -2.27. The van der Waals surface area contributed by atoms with Crippen LogP contribution >= 0.6 is 0 Å². The zero-order valence-electron chi connectivity index (χ0n) is 32.1. The molecule has 284 valence electrons. The highest BCUT2D eigenvalue weighted by Crippen LogP contribution is 2.30. The van der Waals surface area contributed by atoms with E-state index in [4.69, 9.17) is 4.74 Å². The predicted molar refractivity (Wildman–Crippen MR) is 200 cm³/mol. The molecule has 0 aliphatic rings. The Balaban J connectivity index is 1.75. The summed E-state index contributed by atoms with van der Waals surface area (Å²) in [7, 11) is 1.43. The Morgan fingerprint density at radius 1 is 0.963 bits per heavy atom. The van der Waals surface area contributed by atoms with Crippen LogP contribution in [0.2, 0.25) is 0 Å². The van der Waals surface area contributed by atoms with Gasteiger partial charge in [-0.1, -0.05) is 26.7 Å². The normalized spacial score (nSPS) is 11.2. The van der Waals surface area contributed by atoms with Crippen molar-refractivity contribution in [1.29, 1.82) is 0 Å². The molecule has 0 saturated heterocycles. The molecule has 54 heavy (non-hydrogen) atoms. The molecule has 3 N–H and O–H groups in total. The molecule has 0 aliphatic carbocycles. The van der Waals surface area contributed by atoms with Crippen molar-refractivity contribution in [3.63, 3.8) is 0 Å². The SMILES string of the molecule is CC(=O)c1c(NN(C)C(=O)OC(C)(C)C)nc(C)nc1-c1cc(C#Cc2cnc(-n3cnc(C)c3)nc2)nc(NC(=O)CCN(CC(C)(C)C)C(=O)O)c1. The molecule has 4 rings (SSSR count). The van der Waals surface area contributed by atoms with Crippen LogP contribution in [-0.2, 0) is 9.53 Å². The number of amides is 3. The number of carbonyl (C=O) groups excluding carboxylic acids is 3. The number of nitrogens with one attached hydrogen (secondary N) is 2. The second kappa shape index (κ2) is 16.5. The number of rotatable bonds is 10. The Morgan fingerprint density at radius 2 is 1.65 bits per heavy atom. The highest BCUT2D eigenvalue weighted by atomic mass is 16.6. The third-order valence-corrected chi connectivity index (χ3v) is 7.14. The van der Waals surface area contributed by atoms with Crippen LogP contribution in [0.4, 0.5) is 21.2 Å². The molecule has 4 aromatic rings. The fourth-order valence-corrected chi connectivity index (χ4v) is 4.97. The number of ketones is 1. The third kappa shape index (κ3) is 11.5. The molecule has 4 aromatic heterocycles. The van der Waals surface area contributed by atoms with Crippen molar-refractivity contribution in [2.75, 3.05) is 30.9 Å². The van der Waals surface area contributed by atoms with E-state index in [0.717, 1.165) is 10.7 Å². The molecular formula is C37H45N11O6. The summed E-state index contributed by atoms with van der Waals surface area (Å²) in [5.41, 5.74) is 3.82. The predicted octanol–water partition coefficient (Wildman–Crippen LogP) is 5.28. The van der Waals surface area contributed by atoms with E-state index in [0.29, 0.717) is 17.1 Å². The van der Waals surface area contributed by atoms with Gasteiger partial charge in [0.15, 0.2) is 11.6 Å². The van der Waals surface area contributed by atoms with Gasteiger partial charge in [-0.25, -0.2) is 44.5 Å². The standard InChI is InChI=1S/C37H45N11O6/c1-22-19-48(21-40-22)33-38-17-25(18-39-33)11-12-27-15-26(16-28(43-27)44-29(50)13-14-47(34(51)52)20-36(4,5)6)31-30(23(2)49)32(42-24(3)41-31)45-46(10)35(53)54-37(7,8)9/h15-19,21H,13-14,20H2,1-10H3,(H,51,52)(H,41,42,45)(H,43,44,50). The molecule has 17 nitrogen and oxygen atoms in total. The molecule has 0 aromatic carbocycles. The second-order valence-electron chi connectivity index (χ2n) is 14.7. The summed E-state index contributed by atoms with van der Waals surface area (Å²) in [5, 5.41) is 13.5. The molecule has 0 radical (unpaired) electrons. The minimum atomic E-state index is -1.13. The van der Waals surface area contributed by atoms with Gasteiger partial charge >= 0.3 is 12.2 Å². The van der Waals surface area contributed by atoms with Crippen LogP contribution in [0.3, 0.4) is 0 Å². The second-order valence-corrected chi connectivity index (χ2v) is 14.7. The van der Waals surface area contributed by atoms with E-state index in [1.54, 1.807) is 63.2 Å². The number of nitrogens with zero attached hydrogens (tertiary/aromatic N) is 9. The van der Waals surface area contributed by atoms with Gasteiger partial charge in [-0.3, -0.25) is 19.6 Å². The van der Waals surface area contributed by atoms with Crippen LogP contribution in [0.1, 0.15) is 88.0 Å². The number of aromatic nitrogens is 7. The van der Waals surface area contributed by atoms with Crippen molar-refractivity contribution in [2.45, 2.75) is 74.3 Å². The van der Waals surface area contributed by atoms with Crippen LogP contribution in [0, 0.1) is 31.1 Å². The number of imidazole rings is 1. The summed E-state index contributed by atoms with van der Waals surface area (Å²) in [6.07, 6.45) is 4.49. The van der Waals surface area contributed by atoms with Crippen molar-refractivity contribution in [2.24, 2.45) is 5.41 Å². The van der Waals surface area contributed by atoms with Gasteiger partial charge in [0, 0.05) is 50.7 Å². The van der Waals surface area contributed by atoms with Crippen LogP contribution in [0.5, 0.6) is 0 Å². The first-order valence-electron chi connectivity index (χ1n) is 17.0. The molecule has 0 bridgehead atoms. The molecule has 0 aliphatic heterocycles. The van der Waals surface area contributed by atoms with E-state index in [1.165, 1.54) is 24.9 Å². The minimum Gasteiger partial charge on any atom is -0.465 e. The zero-order chi connectivity index (χ0) is 40.0. The topological polar surface area (TPSA) is 211 Å². The molecule has 0 spiro atoms. The van der Waals surface area contributed by atoms with Crippen LogP contribution < -0.4 is 10.7 Å². The first-order valence-corrected chi connectivity index (χ1v) is 17.0. The van der Waals surface area contributed by atoms with Gasteiger partial charge in [-0.05, 0) is 65.0 Å². The number of pyridine rings is 1. The Labute approximate surface area is 313 Å². The minimum absolute atomic E-state index is 0.0424. The van der Waals surface area contributed by atoms with Crippen molar-refractivity contribution in [3.05, 3.63) is 65.4 Å². The van der Waals surface area contributed by atoms with Crippen molar-refractivity contribution in [3.8, 4) is 29.0 Å². The van der Waals surface area contributed by atoms with Gasteiger partial charge in [0.2, 0.25) is 11.9 Å². The largest absolute Gasteiger partial charge is 0.465 e. The summed E-state index contributed by atoms with van der Waals surface area (Å²) in [6.45, 7) is 15.9. The van der Waals surface area contributed by atoms with E-state index >= 15 is 0 Å². The molecule has 17 heteroatoms. The van der Waals surface area contributed by atoms with E-state index in [-0.39, 0.29) is 59.3 Å². The Bertz CT molecular complexity index is 2110. The summed E-state index contributed by atoms with van der Waals surface area (Å²) >= 11 is 0. The molecule has 0 unspecified atom stereocenters. The number of hydrogen-bond acceptors (Lipinski definition) is 12. The third-order valence-electron chi connectivity index (χ3n) is 7.14. The summed E-state index contributed by atoms with van der Waals surface area (Å²) in [6, 6.07) is 3.12. The zero-order valence-corrected chi connectivity index (χ0v) is 32.1. The first kappa shape index (κ1) is 40.3. The maximum Gasteiger partial charge on any atom is 0.428 e. The monoisotopic (exact) mass is 739 g/mol. The van der Waals surface area contributed by atoms with Gasteiger partial charge < -0.3 is 20.1 Å². The lowest BCUT2D eigenvalue weighted by molar-refractivity contribution is -0.116. The number of carbonyl (C=O) groups is 4. The number of hydrazine groups is 1. The van der Waals surface area contributed by atoms with Crippen molar-refractivity contribution >= 4 is 35.5 Å². The Hall–Kier alpha value is -6.44. The lowest BCUT2D eigenvalue weighted by atomic mass is 9.96. The van der Waals surface area contributed by atoms with Gasteiger partial charge in [-0.15, -0.1) is 0 Å². The summed E-state index contributed by atoms with van der Waals surface area (Å²) in [4.78, 5) is 78.6. The maximum absolute atomic E-state index is 13.2. The van der Waals surface area contributed by atoms with Crippen LogP contribution in [0.15, 0.2) is 37.1 Å². The van der Waals surface area contributed by atoms with Crippen molar-refractivity contribution in [1.82, 2.24) is 44.4 Å². The number of Topliss-reactive ketones (excluding diaryl/α,β-unsaturated/α-hetero) is 1. The molecule has 3 amide bonds. The number of ether oxygens (including phenoxy) is 1. The molecule has 0 atom stereocenters. The van der Waals surface area contributed by atoms with E-state index < -0.39 is 29.5 Å². The number of hydrogen-bond donors (Lipinski definition) is 3. The number of anilines is 2. The molecule has 4 heterocycles. The highest BCUT2D eigenvalue weighted by molar-refractivity contribution is 6.04. The number of aryl methyl sites for hydroxylation is 2.